The number of rotatable bonds is 5. The molecule has 1 aromatic carbocycles. The minimum Gasteiger partial charge on any atom is -0.508 e. The summed E-state index contributed by atoms with van der Waals surface area (Å²) in [4.78, 5) is 0. The van der Waals surface area contributed by atoms with Gasteiger partial charge in [0.25, 0.3) is 0 Å². The predicted molar refractivity (Wildman–Crippen MR) is 60.8 cm³/mol. The monoisotopic (exact) mass is 283 g/mol. The van der Waals surface area contributed by atoms with Crippen molar-refractivity contribution in [2.45, 2.75) is 19.0 Å². The molecule has 0 bridgehead atoms. The first-order valence-electron chi connectivity index (χ1n) is 5.04. The highest BCUT2D eigenvalue weighted by Crippen LogP contribution is 2.22. The number of anilines is 1. The number of halogens is 3. The standard InChI is InChI=1S/C10H12F3NO3S/c11-10(12,13)6-1-7-18(16,17)14-8-2-4-9(15)5-3-8/h2-5,14-15H,1,6-7H2. The highest BCUT2D eigenvalue weighted by molar-refractivity contribution is 7.92. The molecule has 1 aromatic rings. The Morgan fingerprint density at radius 2 is 1.72 bits per heavy atom. The van der Waals surface area contributed by atoms with Crippen LogP contribution in [0.4, 0.5) is 18.9 Å². The summed E-state index contributed by atoms with van der Waals surface area (Å²) in [5.41, 5.74) is 0.194. The summed E-state index contributed by atoms with van der Waals surface area (Å²) in [5.74, 6) is -0.636. The van der Waals surface area contributed by atoms with E-state index in [-0.39, 0.29) is 11.4 Å². The molecule has 18 heavy (non-hydrogen) atoms. The number of phenols is 1. The molecule has 0 atom stereocenters. The van der Waals surface area contributed by atoms with Crippen molar-refractivity contribution < 1.29 is 26.7 Å². The normalized spacial score (nSPS) is 12.4. The Balaban J connectivity index is 2.52. The summed E-state index contributed by atoms with van der Waals surface area (Å²) in [7, 11) is -3.80. The highest BCUT2D eigenvalue weighted by atomic mass is 32.2. The summed E-state index contributed by atoms with van der Waals surface area (Å²) in [6.07, 6.45) is -5.98. The van der Waals surface area contributed by atoms with Gasteiger partial charge < -0.3 is 5.11 Å². The fourth-order valence-corrected chi connectivity index (χ4v) is 2.34. The maximum Gasteiger partial charge on any atom is 0.389 e. The number of alkyl halides is 3. The first kappa shape index (κ1) is 14.6. The number of hydrogen-bond donors (Lipinski definition) is 2. The fraction of sp³-hybridized carbons (Fsp3) is 0.400. The SMILES string of the molecule is O=S(=O)(CCCC(F)(F)F)Nc1ccc(O)cc1. The molecule has 0 unspecified atom stereocenters. The third-order valence-electron chi connectivity index (χ3n) is 2.01. The Hall–Kier alpha value is -1.44. The lowest BCUT2D eigenvalue weighted by molar-refractivity contribution is -0.134. The molecular formula is C10H12F3NO3S. The van der Waals surface area contributed by atoms with Gasteiger partial charge in [0, 0.05) is 12.1 Å². The predicted octanol–water partition coefficient (Wildman–Crippen LogP) is 2.48. The van der Waals surface area contributed by atoms with E-state index in [9.17, 15) is 21.6 Å². The van der Waals surface area contributed by atoms with Crippen LogP contribution in [0.5, 0.6) is 5.75 Å². The quantitative estimate of drug-likeness (QED) is 0.816. The smallest absolute Gasteiger partial charge is 0.389 e. The lowest BCUT2D eigenvalue weighted by Gasteiger charge is -2.09. The molecule has 2 N–H and O–H groups in total. The van der Waals surface area contributed by atoms with Gasteiger partial charge in [0.05, 0.1) is 5.75 Å². The molecule has 0 saturated carbocycles. The van der Waals surface area contributed by atoms with Crippen LogP contribution in [0, 0.1) is 0 Å². The third-order valence-corrected chi connectivity index (χ3v) is 3.39. The first-order valence-corrected chi connectivity index (χ1v) is 6.69. The van der Waals surface area contributed by atoms with Crippen LogP contribution < -0.4 is 4.72 Å². The molecule has 0 aromatic heterocycles. The molecule has 0 aliphatic rings. The minimum atomic E-state index is -4.35. The number of aromatic hydroxyl groups is 1. The first-order chi connectivity index (χ1) is 8.18. The lowest BCUT2D eigenvalue weighted by atomic mass is 10.3. The summed E-state index contributed by atoms with van der Waals surface area (Å²) >= 11 is 0. The Kier molecular flexibility index (Phi) is 4.44. The number of phenolic OH excluding ortho intramolecular Hbond substituents is 1. The van der Waals surface area contributed by atoms with E-state index in [0.29, 0.717) is 0 Å². The molecule has 0 aliphatic heterocycles. The van der Waals surface area contributed by atoms with Crippen molar-refractivity contribution in [2.24, 2.45) is 0 Å². The number of benzene rings is 1. The van der Waals surface area contributed by atoms with E-state index >= 15 is 0 Å². The van der Waals surface area contributed by atoms with E-state index in [1.54, 1.807) is 0 Å². The van der Waals surface area contributed by atoms with E-state index in [2.05, 4.69) is 4.72 Å². The van der Waals surface area contributed by atoms with E-state index in [0.717, 1.165) is 0 Å². The van der Waals surface area contributed by atoms with Gasteiger partial charge in [0.2, 0.25) is 10.0 Å². The summed E-state index contributed by atoms with van der Waals surface area (Å²) < 4.78 is 60.6. The van der Waals surface area contributed by atoms with Gasteiger partial charge in [-0.3, -0.25) is 4.72 Å². The molecular weight excluding hydrogens is 271 g/mol. The molecule has 0 amide bonds. The van der Waals surface area contributed by atoms with E-state index in [1.165, 1.54) is 24.3 Å². The molecule has 4 nitrogen and oxygen atoms in total. The van der Waals surface area contributed by atoms with Gasteiger partial charge in [-0.15, -0.1) is 0 Å². The van der Waals surface area contributed by atoms with Gasteiger partial charge in [-0.1, -0.05) is 0 Å². The van der Waals surface area contributed by atoms with Crippen molar-refractivity contribution in [3.8, 4) is 5.75 Å². The van der Waals surface area contributed by atoms with Gasteiger partial charge in [0.15, 0.2) is 0 Å². The van der Waals surface area contributed by atoms with Crippen LogP contribution in [-0.4, -0.2) is 25.5 Å². The van der Waals surface area contributed by atoms with E-state index in [1.807, 2.05) is 0 Å². The number of nitrogens with one attached hydrogen (secondary N) is 1. The van der Waals surface area contributed by atoms with Crippen LogP contribution >= 0.6 is 0 Å². The van der Waals surface area contributed by atoms with Gasteiger partial charge in [-0.25, -0.2) is 8.42 Å². The van der Waals surface area contributed by atoms with Gasteiger partial charge in [-0.05, 0) is 30.7 Å². The molecule has 102 valence electrons. The zero-order valence-corrected chi connectivity index (χ0v) is 10.1. The van der Waals surface area contributed by atoms with Crippen LogP contribution in [0.1, 0.15) is 12.8 Å². The Labute approximate surface area is 102 Å². The lowest BCUT2D eigenvalue weighted by Crippen LogP contribution is -2.18. The van der Waals surface area contributed by atoms with Gasteiger partial charge in [0.1, 0.15) is 5.75 Å². The Morgan fingerprint density at radius 1 is 1.17 bits per heavy atom. The highest BCUT2D eigenvalue weighted by Gasteiger charge is 2.27. The zero-order chi connectivity index (χ0) is 13.8. The number of sulfonamides is 1. The molecule has 0 heterocycles. The van der Waals surface area contributed by atoms with Crippen LogP contribution in [0.2, 0.25) is 0 Å². The molecule has 0 spiro atoms. The maximum absolute atomic E-state index is 11.9. The summed E-state index contributed by atoms with van der Waals surface area (Å²) in [6.45, 7) is 0. The average molecular weight is 283 g/mol. The fourth-order valence-electron chi connectivity index (χ4n) is 1.22. The second kappa shape index (κ2) is 5.47. The largest absolute Gasteiger partial charge is 0.508 e. The van der Waals surface area contributed by atoms with Crippen molar-refractivity contribution in [1.29, 1.82) is 0 Å². The van der Waals surface area contributed by atoms with Crippen LogP contribution in [0.3, 0.4) is 0 Å². The molecule has 1 rings (SSSR count). The summed E-state index contributed by atoms with van der Waals surface area (Å²) in [6, 6.07) is 5.18. The van der Waals surface area contributed by atoms with Crippen molar-refractivity contribution in [3.63, 3.8) is 0 Å². The van der Waals surface area contributed by atoms with Crippen molar-refractivity contribution >= 4 is 15.7 Å². The minimum absolute atomic E-state index is 0.0324. The second-order valence-electron chi connectivity index (χ2n) is 3.69. The van der Waals surface area contributed by atoms with Crippen molar-refractivity contribution in [3.05, 3.63) is 24.3 Å². The second-order valence-corrected chi connectivity index (χ2v) is 5.53. The average Bonchev–Trinajstić information content (AvgIpc) is 2.18. The van der Waals surface area contributed by atoms with Crippen LogP contribution in [0.25, 0.3) is 0 Å². The molecule has 0 radical (unpaired) electrons. The molecule has 0 saturated heterocycles. The van der Waals surface area contributed by atoms with Crippen LogP contribution in [0.15, 0.2) is 24.3 Å². The summed E-state index contributed by atoms with van der Waals surface area (Å²) in [5, 5.41) is 8.98. The molecule has 0 aliphatic carbocycles. The van der Waals surface area contributed by atoms with Crippen LogP contribution in [-0.2, 0) is 10.0 Å². The molecule has 0 fully saturated rings. The molecule has 8 heteroatoms. The Morgan fingerprint density at radius 3 is 2.22 bits per heavy atom. The topological polar surface area (TPSA) is 66.4 Å². The number of hydrogen-bond acceptors (Lipinski definition) is 3. The Bertz CT molecular complexity index is 482. The van der Waals surface area contributed by atoms with Crippen molar-refractivity contribution in [2.75, 3.05) is 10.5 Å². The van der Waals surface area contributed by atoms with E-state index < -0.39 is 34.8 Å². The van der Waals surface area contributed by atoms with Gasteiger partial charge >= 0.3 is 6.18 Å². The third kappa shape index (κ3) is 5.76. The zero-order valence-electron chi connectivity index (χ0n) is 9.24. The maximum atomic E-state index is 11.9. The van der Waals surface area contributed by atoms with Crippen molar-refractivity contribution in [1.82, 2.24) is 0 Å². The van der Waals surface area contributed by atoms with E-state index in [4.69, 9.17) is 5.11 Å². The van der Waals surface area contributed by atoms with Gasteiger partial charge in [-0.2, -0.15) is 13.2 Å².